The van der Waals surface area contributed by atoms with Crippen LogP contribution in [0.4, 0.5) is 4.79 Å². The van der Waals surface area contributed by atoms with Crippen molar-refractivity contribution < 1.29 is 9.53 Å². The summed E-state index contributed by atoms with van der Waals surface area (Å²) in [6.07, 6.45) is -0.220. The highest BCUT2D eigenvalue weighted by molar-refractivity contribution is 5.67. The van der Waals surface area contributed by atoms with Crippen molar-refractivity contribution >= 4 is 6.09 Å². The summed E-state index contributed by atoms with van der Waals surface area (Å²) < 4.78 is 5.01. The molecule has 0 fully saturated rings. The number of nitrogens with one attached hydrogen (secondary N) is 1. The molecule has 0 aliphatic carbocycles. The number of carbonyl (C=O) groups is 1. The minimum atomic E-state index is -0.220. The predicted molar refractivity (Wildman–Crippen MR) is 52.8 cm³/mol. The van der Waals surface area contributed by atoms with E-state index >= 15 is 0 Å². The Kier molecular flexibility index (Phi) is 7.39. The Morgan fingerprint density at radius 2 is 1.92 bits per heavy atom. The van der Waals surface area contributed by atoms with E-state index in [-0.39, 0.29) is 6.09 Å². The maximum atomic E-state index is 11.2. The molecule has 4 heteroatoms. The molecule has 78 valence electrons. The van der Waals surface area contributed by atoms with Gasteiger partial charge in [-0.1, -0.05) is 6.92 Å². The standard InChI is InChI=1S/C9H20N2O2/c1-4-10-7-8-13-9(12)11(5-2)6-3/h10H,4-8H2,1-3H3. The third kappa shape index (κ3) is 5.47. The monoisotopic (exact) mass is 188 g/mol. The summed E-state index contributed by atoms with van der Waals surface area (Å²) in [6, 6.07) is 0. The van der Waals surface area contributed by atoms with Crippen LogP contribution in [0.3, 0.4) is 0 Å². The molecule has 0 unspecified atom stereocenters. The number of hydrogen-bond donors (Lipinski definition) is 1. The molecule has 0 radical (unpaired) electrons. The lowest BCUT2D eigenvalue weighted by Gasteiger charge is -2.17. The third-order valence-corrected chi connectivity index (χ3v) is 1.78. The van der Waals surface area contributed by atoms with Gasteiger partial charge in [0, 0.05) is 19.6 Å². The van der Waals surface area contributed by atoms with Gasteiger partial charge in [-0.25, -0.2) is 4.79 Å². The summed E-state index contributed by atoms with van der Waals surface area (Å²) >= 11 is 0. The van der Waals surface area contributed by atoms with Gasteiger partial charge in [0.2, 0.25) is 0 Å². The Morgan fingerprint density at radius 3 is 2.38 bits per heavy atom. The van der Waals surface area contributed by atoms with Gasteiger partial charge in [-0.05, 0) is 20.4 Å². The van der Waals surface area contributed by atoms with E-state index in [0.717, 1.165) is 13.1 Å². The van der Waals surface area contributed by atoms with Crippen LogP contribution in [-0.4, -0.2) is 43.8 Å². The molecule has 0 rings (SSSR count). The van der Waals surface area contributed by atoms with Crippen LogP contribution in [-0.2, 0) is 4.74 Å². The predicted octanol–water partition coefficient (Wildman–Crippen LogP) is 1.07. The molecule has 1 N–H and O–H groups in total. The van der Waals surface area contributed by atoms with Crippen LogP contribution >= 0.6 is 0 Å². The van der Waals surface area contributed by atoms with E-state index in [2.05, 4.69) is 5.32 Å². The second-order valence-corrected chi connectivity index (χ2v) is 2.64. The second-order valence-electron chi connectivity index (χ2n) is 2.64. The van der Waals surface area contributed by atoms with Crippen molar-refractivity contribution in [2.24, 2.45) is 0 Å². The van der Waals surface area contributed by atoms with E-state index in [0.29, 0.717) is 19.7 Å². The molecule has 0 aromatic rings. The van der Waals surface area contributed by atoms with Crippen LogP contribution in [0.5, 0.6) is 0 Å². The van der Waals surface area contributed by atoms with Crippen LogP contribution in [0.2, 0.25) is 0 Å². The first-order valence-corrected chi connectivity index (χ1v) is 4.88. The number of nitrogens with zero attached hydrogens (tertiary/aromatic N) is 1. The molecule has 0 heterocycles. The largest absolute Gasteiger partial charge is 0.448 e. The van der Waals surface area contributed by atoms with Crippen LogP contribution in [0.1, 0.15) is 20.8 Å². The molecular formula is C9H20N2O2. The molecule has 0 aromatic heterocycles. The van der Waals surface area contributed by atoms with Crippen molar-refractivity contribution in [3.63, 3.8) is 0 Å². The molecule has 0 aliphatic heterocycles. The Hall–Kier alpha value is -0.770. The summed E-state index contributed by atoms with van der Waals surface area (Å²) in [5.74, 6) is 0. The zero-order valence-corrected chi connectivity index (χ0v) is 8.80. The average Bonchev–Trinajstić information content (AvgIpc) is 2.14. The number of rotatable bonds is 6. The fourth-order valence-corrected chi connectivity index (χ4v) is 0.960. The number of hydrogen-bond acceptors (Lipinski definition) is 3. The normalized spacial score (nSPS) is 9.77. The number of carbonyl (C=O) groups excluding carboxylic acids is 1. The van der Waals surface area contributed by atoms with Gasteiger partial charge in [-0.3, -0.25) is 0 Å². The smallest absolute Gasteiger partial charge is 0.409 e. The fourth-order valence-electron chi connectivity index (χ4n) is 0.960. The Morgan fingerprint density at radius 1 is 1.31 bits per heavy atom. The van der Waals surface area contributed by atoms with Gasteiger partial charge in [0.1, 0.15) is 6.61 Å². The topological polar surface area (TPSA) is 41.6 Å². The van der Waals surface area contributed by atoms with E-state index < -0.39 is 0 Å². The second kappa shape index (κ2) is 7.86. The van der Waals surface area contributed by atoms with Gasteiger partial charge in [0.15, 0.2) is 0 Å². The highest BCUT2D eigenvalue weighted by Crippen LogP contribution is 1.92. The molecule has 0 spiro atoms. The van der Waals surface area contributed by atoms with Crippen molar-refractivity contribution in [3.8, 4) is 0 Å². The highest BCUT2D eigenvalue weighted by atomic mass is 16.6. The first kappa shape index (κ1) is 12.2. The van der Waals surface area contributed by atoms with Crippen LogP contribution in [0.25, 0.3) is 0 Å². The minimum Gasteiger partial charge on any atom is -0.448 e. The van der Waals surface area contributed by atoms with Gasteiger partial charge in [0.05, 0.1) is 0 Å². The molecule has 0 aromatic carbocycles. The highest BCUT2D eigenvalue weighted by Gasteiger charge is 2.09. The zero-order chi connectivity index (χ0) is 10.1. The third-order valence-electron chi connectivity index (χ3n) is 1.78. The Balaban J connectivity index is 3.48. The van der Waals surface area contributed by atoms with Crippen molar-refractivity contribution in [2.75, 3.05) is 32.8 Å². The Bertz CT molecular complexity index is 136. The molecule has 1 amide bonds. The lowest BCUT2D eigenvalue weighted by molar-refractivity contribution is 0.107. The lowest BCUT2D eigenvalue weighted by Crippen LogP contribution is -2.32. The summed E-state index contributed by atoms with van der Waals surface area (Å²) in [6.45, 7) is 9.39. The summed E-state index contributed by atoms with van der Waals surface area (Å²) in [5.41, 5.74) is 0. The van der Waals surface area contributed by atoms with Gasteiger partial charge in [-0.2, -0.15) is 0 Å². The molecule has 0 saturated heterocycles. The van der Waals surface area contributed by atoms with Gasteiger partial charge >= 0.3 is 6.09 Å². The maximum Gasteiger partial charge on any atom is 0.409 e. The Labute approximate surface area is 80.2 Å². The first-order chi connectivity index (χ1) is 6.26. The lowest BCUT2D eigenvalue weighted by atomic mass is 10.5. The van der Waals surface area contributed by atoms with E-state index in [1.54, 1.807) is 4.90 Å². The summed E-state index contributed by atoms with van der Waals surface area (Å²) in [7, 11) is 0. The molecule has 13 heavy (non-hydrogen) atoms. The van der Waals surface area contributed by atoms with Crippen LogP contribution in [0, 0.1) is 0 Å². The van der Waals surface area contributed by atoms with E-state index in [9.17, 15) is 4.79 Å². The molecular weight excluding hydrogens is 168 g/mol. The molecule has 4 nitrogen and oxygen atoms in total. The summed E-state index contributed by atoms with van der Waals surface area (Å²) in [5, 5.41) is 3.08. The molecule has 0 saturated carbocycles. The zero-order valence-electron chi connectivity index (χ0n) is 8.80. The average molecular weight is 188 g/mol. The molecule has 0 bridgehead atoms. The van der Waals surface area contributed by atoms with Gasteiger partial charge < -0.3 is 15.0 Å². The molecule has 0 atom stereocenters. The maximum absolute atomic E-state index is 11.2. The summed E-state index contributed by atoms with van der Waals surface area (Å²) in [4.78, 5) is 12.9. The SMILES string of the molecule is CCNCCOC(=O)N(CC)CC. The van der Waals surface area contributed by atoms with Crippen molar-refractivity contribution in [1.82, 2.24) is 10.2 Å². The number of likely N-dealkylation sites (N-methyl/N-ethyl adjacent to an activating group) is 1. The van der Waals surface area contributed by atoms with Gasteiger partial charge in [0.25, 0.3) is 0 Å². The minimum absolute atomic E-state index is 0.220. The van der Waals surface area contributed by atoms with Gasteiger partial charge in [-0.15, -0.1) is 0 Å². The van der Waals surface area contributed by atoms with Crippen LogP contribution in [0.15, 0.2) is 0 Å². The fraction of sp³-hybridized carbons (Fsp3) is 0.889. The van der Waals surface area contributed by atoms with E-state index in [1.807, 2.05) is 20.8 Å². The van der Waals surface area contributed by atoms with Crippen molar-refractivity contribution in [3.05, 3.63) is 0 Å². The number of amides is 1. The van der Waals surface area contributed by atoms with E-state index in [1.165, 1.54) is 0 Å². The first-order valence-electron chi connectivity index (χ1n) is 4.88. The van der Waals surface area contributed by atoms with Crippen molar-refractivity contribution in [1.29, 1.82) is 0 Å². The van der Waals surface area contributed by atoms with E-state index in [4.69, 9.17) is 4.74 Å². The van der Waals surface area contributed by atoms with Crippen LogP contribution < -0.4 is 5.32 Å². The van der Waals surface area contributed by atoms with Crippen molar-refractivity contribution in [2.45, 2.75) is 20.8 Å². The number of ether oxygens (including phenoxy) is 1. The quantitative estimate of drug-likeness (QED) is 0.634. The molecule has 0 aliphatic rings.